The van der Waals surface area contributed by atoms with Gasteiger partial charge in [0.05, 0.1) is 16.6 Å². The lowest BCUT2D eigenvalue weighted by molar-refractivity contribution is 0.0494. The summed E-state index contributed by atoms with van der Waals surface area (Å²) in [5, 5.41) is 3.10. The molecule has 0 bridgehead atoms. The van der Waals surface area contributed by atoms with Gasteiger partial charge in [0.2, 0.25) is 0 Å². The van der Waals surface area contributed by atoms with Gasteiger partial charge >= 0.3 is 11.8 Å². The summed E-state index contributed by atoms with van der Waals surface area (Å²) >= 11 is 0. The van der Waals surface area contributed by atoms with Gasteiger partial charge in [0.25, 0.3) is 5.56 Å². The highest BCUT2D eigenvalue weighted by atomic mass is 19.1. The number of aromatic nitrogens is 2. The molecule has 1 unspecified atom stereocenters. The van der Waals surface area contributed by atoms with E-state index in [1.54, 1.807) is 4.57 Å². The Labute approximate surface area is 185 Å². The van der Waals surface area contributed by atoms with E-state index >= 15 is 4.39 Å². The molecule has 4 rings (SSSR count). The number of carbonyl (C=O) groups excluding carboxylic acids is 1. The lowest BCUT2D eigenvalue weighted by atomic mass is 9.95. The molecule has 0 radical (unpaired) electrons. The summed E-state index contributed by atoms with van der Waals surface area (Å²) in [6.07, 6.45) is 1.61. The number of carbonyl (C=O) groups is 1. The van der Waals surface area contributed by atoms with E-state index in [1.165, 1.54) is 6.07 Å². The summed E-state index contributed by atoms with van der Waals surface area (Å²) in [6.45, 7) is 10.5. The van der Waals surface area contributed by atoms with Gasteiger partial charge in [-0.25, -0.2) is 14.0 Å². The van der Waals surface area contributed by atoms with Crippen molar-refractivity contribution in [1.82, 2.24) is 14.9 Å². The van der Waals surface area contributed by atoms with E-state index in [4.69, 9.17) is 4.74 Å². The fraction of sp³-hybridized carbons (Fsp3) is 0.609. The molecule has 1 aromatic heterocycles. The number of nitrogens with one attached hydrogen (secondary N) is 2. The molecule has 174 valence electrons. The largest absolute Gasteiger partial charge is 0.444 e. The Hall–Kier alpha value is -2.84. The van der Waals surface area contributed by atoms with Crippen LogP contribution in [0, 0.1) is 11.7 Å². The van der Waals surface area contributed by atoms with Crippen LogP contribution in [0.15, 0.2) is 15.7 Å². The van der Waals surface area contributed by atoms with Gasteiger partial charge in [-0.3, -0.25) is 14.3 Å². The number of nitrogens with zero attached hydrogens (tertiary/aromatic N) is 2. The molecule has 8 nitrogen and oxygen atoms in total. The van der Waals surface area contributed by atoms with Crippen LogP contribution in [0.1, 0.15) is 59.1 Å². The standard InChI is InChI=1S/C23H31FN4O4/c1-12-6-7-15-18-16(20(29)26-21(30)28(12)18)10-17(24)19(15)27-9-8-14(11-27)13(2)25-22(31)32-23(3,4)5/h10,12-14H,6-9,11H2,1-5H3,(H,25,31)(H,26,29,30)/t12?,13-,14+/m0/s1. The first-order chi connectivity index (χ1) is 15.0. The molecule has 1 aromatic carbocycles. The molecule has 1 amide bonds. The summed E-state index contributed by atoms with van der Waals surface area (Å²) in [4.78, 5) is 41.3. The van der Waals surface area contributed by atoms with E-state index in [1.807, 2.05) is 39.5 Å². The third kappa shape index (κ3) is 4.00. The van der Waals surface area contributed by atoms with Crippen LogP contribution in [0.3, 0.4) is 0 Å². The van der Waals surface area contributed by atoms with Crippen molar-refractivity contribution >= 4 is 22.7 Å². The molecule has 9 heteroatoms. The van der Waals surface area contributed by atoms with Crippen LogP contribution < -0.4 is 21.5 Å². The Morgan fingerprint density at radius 2 is 2.03 bits per heavy atom. The minimum atomic E-state index is -0.576. The zero-order chi connectivity index (χ0) is 23.4. The Kier molecular flexibility index (Phi) is 5.55. The number of benzene rings is 1. The molecule has 3 heterocycles. The van der Waals surface area contributed by atoms with Crippen LogP contribution in [0.4, 0.5) is 14.9 Å². The summed E-state index contributed by atoms with van der Waals surface area (Å²) in [5.74, 6) is -0.333. The fourth-order valence-corrected chi connectivity index (χ4v) is 4.95. The van der Waals surface area contributed by atoms with Crippen LogP contribution in [0.2, 0.25) is 0 Å². The monoisotopic (exact) mass is 446 g/mol. The van der Waals surface area contributed by atoms with Gasteiger partial charge in [-0.15, -0.1) is 0 Å². The molecule has 0 aliphatic carbocycles. The third-order valence-corrected chi connectivity index (χ3v) is 6.49. The summed E-state index contributed by atoms with van der Waals surface area (Å²) in [5.41, 5.74) is 0.134. The van der Waals surface area contributed by atoms with Crippen molar-refractivity contribution in [2.45, 2.75) is 71.6 Å². The van der Waals surface area contributed by atoms with Crippen molar-refractivity contribution in [1.29, 1.82) is 0 Å². The van der Waals surface area contributed by atoms with Crippen molar-refractivity contribution in [3.63, 3.8) is 0 Å². The fourth-order valence-electron chi connectivity index (χ4n) is 4.95. The summed E-state index contributed by atoms with van der Waals surface area (Å²) < 4.78 is 22.2. The first kappa shape index (κ1) is 22.4. The van der Waals surface area contributed by atoms with Crippen LogP contribution in [0.5, 0.6) is 0 Å². The molecule has 32 heavy (non-hydrogen) atoms. The number of hydrogen-bond acceptors (Lipinski definition) is 5. The highest BCUT2D eigenvalue weighted by molar-refractivity contribution is 5.88. The molecule has 2 aliphatic heterocycles. The topological polar surface area (TPSA) is 96.4 Å². The number of rotatable bonds is 3. The molecule has 2 N–H and O–H groups in total. The van der Waals surface area contributed by atoms with Crippen LogP contribution in [-0.2, 0) is 11.2 Å². The number of aryl methyl sites for hydroxylation is 1. The van der Waals surface area contributed by atoms with Gasteiger partial charge < -0.3 is 15.0 Å². The Balaban J connectivity index is 1.64. The van der Waals surface area contributed by atoms with Crippen molar-refractivity contribution < 1.29 is 13.9 Å². The molecule has 1 fully saturated rings. The molecular formula is C23H31FN4O4. The number of alkyl carbamates (subject to hydrolysis) is 1. The predicted octanol–water partition coefficient (Wildman–Crippen LogP) is 3.08. The average Bonchev–Trinajstić information content (AvgIpc) is 3.14. The second-order valence-electron chi connectivity index (χ2n) is 10.0. The molecule has 0 spiro atoms. The van der Waals surface area contributed by atoms with E-state index in [0.717, 1.165) is 12.0 Å². The highest BCUT2D eigenvalue weighted by Gasteiger charge is 2.34. The van der Waals surface area contributed by atoms with E-state index in [0.29, 0.717) is 37.1 Å². The number of H-pyrrole nitrogens is 1. The zero-order valence-electron chi connectivity index (χ0n) is 19.3. The maximum Gasteiger partial charge on any atom is 0.407 e. The number of amides is 1. The lowest BCUT2D eigenvalue weighted by Crippen LogP contribution is -2.42. The summed E-state index contributed by atoms with van der Waals surface area (Å²) in [6, 6.07) is 1.03. The van der Waals surface area contributed by atoms with Gasteiger partial charge in [0.1, 0.15) is 11.4 Å². The molecule has 2 aromatic rings. The van der Waals surface area contributed by atoms with Gasteiger partial charge in [-0.2, -0.15) is 0 Å². The quantitative estimate of drug-likeness (QED) is 0.755. The first-order valence-electron chi connectivity index (χ1n) is 11.2. The predicted molar refractivity (Wildman–Crippen MR) is 121 cm³/mol. The van der Waals surface area contributed by atoms with Gasteiger partial charge in [-0.1, -0.05) is 0 Å². The first-order valence-corrected chi connectivity index (χ1v) is 11.2. The van der Waals surface area contributed by atoms with Gasteiger partial charge in [0.15, 0.2) is 0 Å². The molecular weight excluding hydrogens is 415 g/mol. The second-order valence-corrected chi connectivity index (χ2v) is 10.0. The second kappa shape index (κ2) is 7.94. The summed E-state index contributed by atoms with van der Waals surface area (Å²) in [7, 11) is 0. The Morgan fingerprint density at radius 3 is 2.72 bits per heavy atom. The van der Waals surface area contributed by atoms with E-state index < -0.39 is 28.8 Å². The zero-order valence-corrected chi connectivity index (χ0v) is 19.3. The average molecular weight is 447 g/mol. The lowest BCUT2D eigenvalue weighted by Gasteiger charge is -2.30. The Morgan fingerprint density at radius 1 is 1.31 bits per heavy atom. The number of ether oxygens (including phenoxy) is 1. The number of hydrogen-bond donors (Lipinski definition) is 2. The number of halogens is 1. The van der Waals surface area contributed by atoms with E-state index in [9.17, 15) is 14.4 Å². The van der Waals surface area contributed by atoms with Crippen molar-refractivity contribution in [3.05, 3.63) is 38.3 Å². The van der Waals surface area contributed by atoms with Crippen molar-refractivity contribution in [3.8, 4) is 0 Å². The number of aromatic amines is 1. The van der Waals surface area contributed by atoms with Crippen LogP contribution in [-0.4, -0.2) is 40.4 Å². The van der Waals surface area contributed by atoms with Gasteiger partial charge in [-0.05, 0) is 65.9 Å². The molecule has 0 saturated carbocycles. The maximum atomic E-state index is 15.3. The molecule has 1 saturated heterocycles. The Bertz CT molecular complexity index is 1180. The SMILES string of the molecule is CC1CCc2c(N3CC[C@@H]([C@H](C)NC(=O)OC(C)(C)C)C3)c(F)cc3c(=O)[nH]c(=O)n1c23. The minimum absolute atomic E-state index is 0.0722. The minimum Gasteiger partial charge on any atom is -0.444 e. The van der Waals surface area contributed by atoms with Gasteiger partial charge in [0, 0.05) is 30.7 Å². The smallest absolute Gasteiger partial charge is 0.407 e. The van der Waals surface area contributed by atoms with E-state index in [2.05, 4.69) is 10.3 Å². The molecule has 3 atom stereocenters. The third-order valence-electron chi connectivity index (χ3n) is 6.49. The number of anilines is 1. The van der Waals surface area contributed by atoms with Crippen molar-refractivity contribution in [2.24, 2.45) is 5.92 Å². The van der Waals surface area contributed by atoms with Crippen molar-refractivity contribution in [2.75, 3.05) is 18.0 Å². The maximum absolute atomic E-state index is 15.3. The highest BCUT2D eigenvalue weighted by Crippen LogP contribution is 2.38. The normalized spacial score (nSPS) is 21.6. The van der Waals surface area contributed by atoms with Crippen LogP contribution in [0.25, 0.3) is 10.9 Å². The van der Waals surface area contributed by atoms with E-state index in [-0.39, 0.29) is 23.4 Å². The molecule has 2 aliphatic rings. The van der Waals surface area contributed by atoms with Crippen LogP contribution >= 0.6 is 0 Å².